The van der Waals surface area contributed by atoms with Gasteiger partial charge in [0.05, 0.1) is 21.0 Å². The molecule has 0 radical (unpaired) electrons. The maximum Gasteiger partial charge on any atom is 0.416 e. The summed E-state index contributed by atoms with van der Waals surface area (Å²) in [5, 5.41) is 7.16. The number of hydrogen-bond acceptors (Lipinski definition) is 5. The molecule has 1 amide bonds. The van der Waals surface area contributed by atoms with E-state index in [1.807, 2.05) is 0 Å². The van der Waals surface area contributed by atoms with Crippen LogP contribution in [0.15, 0.2) is 47.4 Å². The summed E-state index contributed by atoms with van der Waals surface area (Å²) in [6, 6.07) is 6.78. The van der Waals surface area contributed by atoms with Gasteiger partial charge in [0, 0.05) is 5.69 Å². The Labute approximate surface area is 168 Å². The molecule has 2 aromatic rings. The molecule has 2 aromatic carbocycles. The second kappa shape index (κ2) is 8.39. The molecule has 0 saturated heterocycles. The quantitative estimate of drug-likeness (QED) is 0.679. The van der Waals surface area contributed by atoms with Crippen LogP contribution in [0.4, 0.5) is 18.9 Å². The number of anilines is 1. The molecule has 156 valence electrons. The molecular weight excluding hydrogens is 437 g/mol. The Morgan fingerprint density at radius 2 is 1.72 bits per heavy atom. The van der Waals surface area contributed by atoms with Crippen molar-refractivity contribution in [2.24, 2.45) is 5.14 Å². The van der Waals surface area contributed by atoms with Crippen LogP contribution >= 0.6 is 11.6 Å². The zero-order chi connectivity index (χ0) is 22.0. The predicted octanol–water partition coefficient (Wildman–Crippen LogP) is 3.19. The Bertz CT molecular complexity index is 1040. The van der Waals surface area contributed by atoms with Gasteiger partial charge in [0.2, 0.25) is 10.0 Å². The first-order valence-corrected chi connectivity index (χ1v) is 9.73. The highest BCUT2D eigenvalue weighted by Gasteiger charge is 2.30. The molecule has 0 aliphatic rings. The number of rotatable bonds is 5. The van der Waals surface area contributed by atoms with Crippen LogP contribution < -0.4 is 10.5 Å². The fraction of sp³-hybridized carbons (Fsp3) is 0.176. The predicted molar refractivity (Wildman–Crippen MR) is 97.8 cm³/mol. The van der Waals surface area contributed by atoms with Crippen molar-refractivity contribution in [2.75, 3.05) is 5.32 Å². The summed E-state index contributed by atoms with van der Waals surface area (Å²) in [6.45, 7) is 1.22. The number of hydrogen-bond donors (Lipinski definition) is 2. The van der Waals surface area contributed by atoms with Gasteiger partial charge >= 0.3 is 12.1 Å². The van der Waals surface area contributed by atoms with Gasteiger partial charge in [0.1, 0.15) is 0 Å². The average molecular weight is 451 g/mol. The first kappa shape index (κ1) is 22.7. The van der Waals surface area contributed by atoms with Crippen molar-refractivity contribution < 1.29 is 35.9 Å². The number of carbonyl (C=O) groups excluding carboxylic acids is 2. The topological polar surface area (TPSA) is 116 Å². The molecule has 0 fully saturated rings. The largest absolute Gasteiger partial charge is 0.449 e. The highest BCUT2D eigenvalue weighted by Crippen LogP contribution is 2.30. The zero-order valence-corrected chi connectivity index (χ0v) is 16.2. The van der Waals surface area contributed by atoms with E-state index in [1.54, 1.807) is 0 Å². The SMILES string of the molecule is CC(OC(=O)c1cc(S(N)(=O)=O)ccc1Cl)C(=O)Nc1ccc(C(F)(F)F)cc1. The zero-order valence-electron chi connectivity index (χ0n) is 14.7. The first-order valence-electron chi connectivity index (χ1n) is 7.80. The average Bonchev–Trinajstić information content (AvgIpc) is 2.60. The molecule has 2 rings (SSSR count). The van der Waals surface area contributed by atoms with Gasteiger partial charge in [-0.1, -0.05) is 11.6 Å². The fourth-order valence-corrected chi connectivity index (χ4v) is 2.84. The fourth-order valence-electron chi connectivity index (χ4n) is 2.10. The monoisotopic (exact) mass is 450 g/mol. The van der Waals surface area contributed by atoms with E-state index in [-0.39, 0.29) is 21.2 Å². The van der Waals surface area contributed by atoms with Crippen LogP contribution in [0.25, 0.3) is 0 Å². The molecule has 3 N–H and O–H groups in total. The van der Waals surface area contributed by atoms with Crippen LogP contribution in [-0.4, -0.2) is 26.4 Å². The van der Waals surface area contributed by atoms with Crippen molar-refractivity contribution in [2.45, 2.75) is 24.1 Å². The molecule has 0 aliphatic carbocycles. The summed E-state index contributed by atoms with van der Waals surface area (Å²) >= 11 is 5.86. The Hall–Kier alpha value is -2.63. The lowest BCUT2D eigenvalue weighted by Gasteiger charge is -2.15. The summed E-state index contributed by atoms with van der Waals surface area (Å²) in [4.78, 5) is 24.0. The van der Waals surface area contributed by atoms with Crippen LogP contribution in [-0.2, 0) is 25.7 Å². The van der Waals surface area contributed by atoms with E-state index < -0.39 is 39.7 Å². The number of nitrogens with one attached hydrogen (secondary N) is 1. The van der Waals surface area contributed by atoms with Crippen LogP contribution in [0.1, 0.15) is 22.8 Å². The van der Waals surface area contributed by atoms with Gasteiger partial charge in [-0.2, -0.15) is 13.2 Å². The van der Waals surface area contributed by atoms with Gasteiger partial charge in [-0.25, -0.2) is 18.4 Å². The molecule has 29 heavy (non-hydrogen) atoms. The number of carbonyl (C=O) groups is 2. The van der Waals surface area contributed by atoms with Gasteiger partial charge in [0.15, 0.2) is 6.10 Å². The maximum absolute atomic E-state index is 12.5. The Balaban J connectivity index is 2.09. The number of nitrogens with two attached hydrogens (primary N) is 1. The number of benzene rings is 2. The van der Waals surface area contributed by atoms with E-state index in [4.69, 9.17) is 21.5 Å². The van der Waals surface area contributed by atoms with Crippen molar-refractivity contribution in [1.29, 1.82) is 0 Å². The molecule has 0 aromatic heterocycles. The maximum atomic E-state index is 12.5. The molecule has 1 unspecified atom stereocenters. The normalized spacial score (nSPS) is 12.9. The molecule has 0 aliphatic heterocycles. The smallest absolute Gasteiger partial charge is 0.416 e. The van der Waals surface area contributed by atoms with Crippen molar-refractivity contribution in [3.05, 3.63) is 58.6 Å². The van der Waals surface area contributed by atoms with E-state index in [2.05, 4.69) is 5.32 Å². The third-order valence-electron chi connectivity index (χ3n) is 3.62. The van der Waals surface area contributed by atoms with Crippen molar-refractivity contribution >= 4 is 39.2 Å². The van der Waals surface area contributed by atoms with Crippen LogP contribution in [0.2, 0.25) is 5.02 Å². The third-order valence-corrected chi connectivity index (χ3v) is 4.86. The number of sulfonamides is 1. The van der Waals surface area contributed by atoms with E-state index in [0.717, 1.165) is 42.5 Å². The lowest BCUT2D eigenvalue weighted by Crippen LogP contribution is -2.30. The van der Waals surface area contributed by atoms with E-state index in [9.17, 15) is 31.2 Å². The van der Waals surface area contributed by atoms with Gasteiger partial charge in [-0.05, 0) is 49.4 Å². The minimum absolute atomic E-state index is 0.0557. The van der Waals surface area contributed by atoms with Crippen LogP contribution in [0.3, 0.4) is 0 Å². The van der Waals surface area contributed by atoms with Crippen molar-refractivity contribution in [1.82, 2.24) is 0 Å². The number of esters is 1. The standard InChI is InChI=1S/C17H14ClF3N2O5S/c1-9(15(24)23-11-4-2-10(3-5-11)17(19,20)21)28-16(25)13-8-12(29(22,26)27)6-7-14(13)18/h2-9H,1H3,(H,23,24)(H2,22,26,27). The number of halogens is 4. The minimum atomic E-state index is -4.52. The van der Waals surface area contributed by atoms with Gasteiger partial charge in [-0.15, -0.1) is 0 Å². The van der Waals surface area contributed by atoms with E-state index in [1.165, 1.54) is 6.92 Å². The lowest BCUT2D eigenvalue weighted by molar-refractivity contribution is -0.137. The van der Waals surface area contributed by atoms with Gasteiger partial charge in [-0.3, -0.25) is 4.79 Å². The Kier molecular flexibility index (Phi) is 6.56. The van der Waals surface area contributed by atoms with Crippen LogP contribution in [0.5, 0.6) is 0 Å². The van der Waals surface area contributed by atoms with E-state index in [0.29, 0.717) is 0 Å². The highest BCUT2D eigenvalue weighted by atomic mass is 35.5. The first-order chi connectivity index (χ1) is 13.3. The van der Waals surface area contributed by atoms with E-state index >= 15 is 0 Å². The molecule has 12 heteroatoms. The Morgan fingerprint density at radius 1 is 1.14 bits per heavy atom. The summed E-state index contributed by atoms with van der Waals surface area (Å²) in [6.07, 6.45) is -5.88. The van der Waals surface area contributed by atoms with Gasteiger partial charge in [0.25, 0.3) is 5.91 Å². The molecule has 0 spiro atoms. The lowest BCUT2D eigenvalue weighted by atomic mass is 10.2. The second-order valence-corrected chi connectivity index (χ2v) is 7.77. The number of alkyl halides is 3. The van der Waals surface area contributed by atoms with Crippen LogP contribution in [0, 0.1) is 0 Å². The molecule has 0 bridgehead atoms. The summed E-state index contributed by atoms with van der Waals surface area (Å²) in [5.74, 6) is -1.91. The molecule has 0 heterocycles. The summed E-state index contributed by atoms with van der Waals surface area (Å²) in [5.41, 5.74) is -1.16. The summed E-state index contributed by atoms with van der Waals surface area (Å²) < 4.78 is 65.4. The number of amides is 1. The minimum Gasteiger partial charge on any atom is -0.449 e. The third kappa shape index (κ3) is 5.92. The Morgan fingerprint density at radius 3 is 2.24 bits per heavy atom. The molecule has 0 saturated carbocycles. The number of primary sulfonamides is 1. The number of ether oxygens (including phenoxy) is 1. The molecular formula is C17H14ClF3N2O5S. The van der Waals surface area contributed by atoms with Crippen molar-refractivity contribution in [3.8, 4) is 0 Å². The second-order valence-electron chi connectivity index (χ2n) is 5.80. The molecule has 1 atom stereocenters. The van der Waals surface area contributed by atoms with Gasteiger partial charge < -0.3 is 10.1 Å². The molecule has 7 nitrogen and oxygen atoms in total. The summed E-state index contributed by atoms with van der Waals surface area (Å²) in [7, 11) is -4.10. The van der Waals surface area contributed by atoms with Crippen molar-refractivity contribution in [3.63, 3.8) is 0 Å². The highest BCUT2D eigenvalue weighted by molar-refractivity contribution is 7.89.